The lowest BCUT2D eigenvalue weighted by Crippen LogP contribution is -2.36. The molecule has 0 aliphatic carbocycles. The fourth-order valence-corrected chi connectivity index (χ4v) is 2.81. The van der Waals surface area contributed by atoms with Gasteiger partial charge in [-0.15, -0.1) is 0 Å². The van der Waals surface area contributed by atoms with Gasteiger partial charge >= 0.3 is 0 Å². The molecule has 106 valence electrons. The number of furan rings is 1. The first kappa shape index (κ1) is 14.4. The van der Waals surface area contributed by atoms with E-state index in [1.165, 1.54) is 25.9 Å². The van der Waals surface area contributed by atoms with E-state index < -0.39 is 0 Å². The molecule has 3 heteroatoms. The molecule has 1 atom stereocenters. The van der Waals surface area contributed by atoms with Crippen molar-refractivity contribution in [3.63, 3.8) is 0 Å². The average molecular weight is 263 g/mol. The smallest absolute Gasteiger partial charge is 0.126 e. The second-order valence-corrected chi connectivity index (χ2v) is 5.49. The number of hydrogen-bond acceptors (Lipinski definition) is 3. The van der Waals surface area contributed by atoms with Crippen molar-refractivity contribution >= 4 is 6.08 Å². The number of ether oxygens (including phenoxy) is 1. The van der Waals surface area contributed by atoms with Crippen LogP contribution in [-0.2, 0) is 4.74 Å². The van der Waals surface area contributed by atoms with Crippen LogP contribution in [0, 0.1) is 11.8 Å². The monoisotopic (exact) mass is 263 g/mol. The Morgan fingerprint density at radius 3 is 2.89 bits per heavy atom. The summed E-state index contributed by atoms with van der Waals surface area (Å²) in [6.45, 7) is 6.61. The molecule has 19 heavy (non-hydrogen) atoms. The van der Waals surface area contributed by atoms with E-state index in [0.29, 0.717) is 5.92 Å². The van der Waals surface area contributed by atoms with Crippen LogP contribution in [0.3, 0.4) is 0 Å². The van der Waals surface area contributed by atoms with E-state index in [0.717, 1.165) is 24.8 Å². The zero-order valence-corrected chi connectivity index (χ0v) is 12.0. The van der Waals surface area contributed by atoms with Crippen molar-refractivity contribution in [2.45, 2.75) is 19.8 Å². The minimum Gasteiger partial charge on any atom is -0.465 e. The molecule has 0 saturated carbocycles. The minimum atomic E-state index is 0.686. The van der Waals surface area contributed by atoms with Gasteiger partial charge in [-0.25, -0.2) is 0 Å². The predicted octanol–water partition coefficient (Wildman–Crippen LogP) is 3.29. The van der Waals surface area contributed by atoms with Gasteiger partial charge in [-0.3, -0.25) is 4.90 Å². The Morgan fingerprint density at radius 2 is 2.26 bits per heavy atom. The second kappa shape index (κ2) is 7.51. The van der Waals surface area contributed by atoms with E-state index >= 15 is 0 Å². The van der Waals surface area contributed by atoms with Crippen LogP contribution in [0.1, 0.15) is 25.5 Å². The van der Waals surface area contributed by atoms with Crippen molar-refractivity contribution in [3.05, 3.63) is 30.2 Å². The molecule has 0 bridgehead atoms. The van der Waals surface area contributed by atoms with E-state index in [-0.39, 0.29) is 0 Å². The van der Waals surface area contributed by atoms with Gasteiger partial charge in [-0.2, -0.15) is 0 Å². The van der Waals surface area contributed by atoms with Crippen LogP contribution in [0.15, 0.2) is 28.9 Å². The number of rotatable bonds is 6. The topological polar surface area (TPSA) is 25.6 Å². The Labute approximate surface area is 116 Å². The summed E-state index contributed by atoms with van der Waals surface area (Å²) in [5.41, 5.74) is 0. The lowest BCUT2D eigenvalue weighted by atomic mass is 9.86. The number of piperidine rings is 1. The molecule has 1 fully saturated rings. The zero-order chi connectivity index (χ0) is 13.5. The summed E-state index contributed by atoms with van der Waals surface area (Å²) >= 11 is 0. The standard InChI is InChI=1S/C16H25NO2/c1-14(13-18-2)15-7-10-17(11-8-15)9-3-5-16-6-4-12-19-16/h3-6,12,14-15H,7-11,13H2,1-2H3/b5-3+/t14-/m0/s1. The molecule has 0 radical (unpaired) electrons. The quantitative estimate of drug-likeness (QED) is 0.787. The van der Waals surface area contributed by atoms with Crippen LogP contribution in [0.2, 0.25) is 0 Å². The molecule has 1 aromatic heterocycles. The molecule has 0 amide bonds. The van der Waals surface area contributed by atoms with E-state index in [4.69, 9.17) is 9.15 Å². The van der Waals surface area contributed by atoms with Crippen molar-refractivity contribution < 1.29 is 9.15 Å². The molecule has 2 rings (SSSR count). The Balaban J connectivity index is 1.69. The summed E-state index contributed by atoms with van der Waals surface area (Å²) in [6.07, 6.45) is 8.54. The third-order valence-corrected chi connectivity index (χ3v) is 4.06. The van der Waals surface area contributed by atoms with Gasteiger partial charge < -0.3 is 9.15 Å². The van der Waals surface area contributed by atoms with Crippen LogP contribution < -0.4 is 0 Å². The van der Waals surface area contributed by atoms with Gasteiger partial charge in [-0.1, -0.05) is 13.0 Å². The highest BCUT2D eigenvalue weighted by atomic mass is 16.5. The Morgan fingerprint density at radius 1 is 1.47 bits per heavy atom. The SMILES string of the molecule is COC[C@H](C)C1CCN(C/C=C/c2ccco2)CC1. The Hall–Kier alpha value is -1.06. The highest BCUT2D eigenvalue weighted by Gasteiger charge is 2.22. The van der Waals surface area contributed by atoms with Gasteiger partial charge in [0.2, 0.25) is 0 Å². The van der Waals surface area contributed by atoms with Crippen LogP contribution in [0.5, 0.6) is 0 Å². The fourth-order valence-electron chi connectivity index (χ4n) is 2.81. The zero-order valence-electron chi connectivity index (χ0n) is 12.0. The van der Waals surface area contributed by atoms with Crippen molar-refractivity contribution in [3.8, 4) is 0 Å². The highest BCUT2D eigenvalue weighted by Crippen LogP contribution is 2.24. The molecule has 1 aliphatic heterocycles. The van der Waals surface area contributed by atoms with Crippen LogP contribution in [-0.4, -0.2) is 38.3 Å². The van der Waals surface area contributed by atoms with Crippen molar-refractivity contribution in [1.29, 1.82) is 0 Å². The number of methoxy groups -OCH3 is 1. The van der Waals surface area contributed by atoms with E-state index in [9.17, 15) is 0 Å². The Kier molecular flexibility index (Phi) is 5.67. The highest BCUT2D eigenvalue weighted by molar-refractivity contribution is 5.42. The second-order valence-electron chi connectivity index (χ2n) is 5.49. The average Bonchev–Trinajstić information content (AvgIpc) is 2.93. The summed E-state index contributed by atoms with van der Waals surface area (Å²) < 4.78 is 10.5. The molecule has 1 saturated heterocycles. The molecular weight excluding hydrogens is 238 g/mol. The van der Waals surface area contributed by atoms with Gasteiger partial charge in [0.05, 0.1) is 6.26 Å². The van der Waals surface area contributed by atoms with E-state index in [2.05, 4.69) is 24.0 Å². The first-order chi connectivity index (χ1) is 9.29. The maximum atomic E-state index is 5.28. The first-order valence-electron chi connectivity index (χ1n) is 7.21. The maximum Gasteiger partial charge on any atom is 0.126 e. The lowest BCUT2D eigenvalue weighted by molar-refractivity contribution is 0.0938. The maximum absolute atomic E-state index is 5.28. The van der Waals surface area contributed by atoms with Crippen LogP contribution in [0.4, 0.5) is 0 Å². The minimum absolute atomic E-state index is 0.686. The van der Waals surface area contributed by atoms with Crippen molar-refractivity contribution in [2.24, 2.45) is 11.8 Å². The van der Waals surface area contributed by atoms with E-state index in [1.807, 2.05) is 12.1 Å². The van der Waals surface area contributed by atoms with Gasteiger partial charge in [-0.05, 0) is 56.0 Å². The molecule has 3 nitrogen and oxygen atoms in total. The lowest BCUT2D eigenvalue weighted by Gasteiger charge is -2.34. The summed E-state index contributed by atoms with van der Waals surface area (Å²) in [7, 11) is 1.80. The summed E-state index contributed by atoms with van der Waals surface area (Å²) in [6, 6.07) is 3.90. The van der Waals surface area contributed by atoms with E-state index in [1.54, 1.807) is 13.4 Å². The van der Waals surface area contributed by atoms with Crippen LogP contribution >= 0.6 is 0 Å². The largest absolute Gasteiger partial charge is 0.465 e. The third kappa shape index (κ3) is 4.51. The van der Waals surface area contributed by atoms with Gasteiger partial charge in [0.1, 0.15) is 5.76 Å². The number of nitrogens with zero attached hydrogens (tertiary/aromatic N) is 1. The summed E-state index contributed by atoms with van der Waals surface area (Å²) in [5, 5.41) is 0. The van der Waals surface area contributed by atoms with Crippen LogP contribution in [0.25, 0.3) is 6.08 Å². The molecular formula is C16H25NO2. The van der Waals surface area contributed by atoms with Gasteiger partial charge in [0.15, 0.2) is 0 Å². The summed E-state index contributed by atoms with van der Waals surface area (Å²) in [4.78, 5) is 2.51. The van der Waals surface area contributed by atoms with Gasteiger partial charge in [0.25, 0.3) is 0 Å². The molecule has 1 aromatic rings. The molecule has 0 N–H and O–H groups in total. The van der Waals surface area contributed by atoms with Gasteiger partial charge in [0, 0.05) is 20.3 Å². The predicted molar refractivity (Wildman–Crippen MR) is 77.9 cm³/mol. The summed E-state index contributed by atoms with van der Waals surface area (Å²) in [5.74, 6) is 2.44. The number of hydrogen-bond donors (Lipinski definition) is 0. The van der Waals surface area contributed by atoms with Crippen molar-refractivity contribution in [1.82, 2.24) is 4.90 Å². The Bertz CT molecular complexity index is 364. The molecule has 2 heterocycles. The normalized spacial score (nSPS) is 20.1. The number of likely N-dealkylation sites (tertiary alicyclic amines) is 1. The molecule has 0 unspecified atom stereocenters. The first-order valence-corrected chi connectivity index (χ1v) is 7.21. The molecule has 1 aliphatic rings. The molecule has 0 spiro atoms. The molecule has 0 aromatic carbocycles. The van der Waals surface area contributed by atoms with Crippen molar-refractivity contribution in [2.75, 3.05) is 33.4 Å². The fraction of sp³-hybridized carbons (Fsp3) is 0.625. The third-order valence-electron chi connectivity index (χ3n) is 4.06.